The minimum atomic E-state index is -0.839. The van der Waals surface area contributed by atoms with E-state index in [0.717, 1.165) is 63.9 Å². The number of rotatable bonds is 8. The fraction of sp³-hybridized carbons (Fsp3) is 0.714. The smallest absolute Gasteiger partial charge is 0.200 e. The third-order valence-electron chi connectivity index (χ3n) is 8.23. The van der Waals surface area contributed by atoms with Gasteiger partial charge in [0.25, 0.3) is 0 Å². The zero-order chi connectivity index (χ0) is 23.2. The van der Waals surface area contributed by atoms with Crippen LogP contribution in [0.5, 0.6) is 5.75 Å². The van der Waals surface area contributed by atoms with Gasteiger partial charge >= 0.3 is 0 Å². The molecule has 2 unspecified atom stereocenters. The second-order valence-corrected chi connectivity index (χ2v) is 10.2. The minimum Gasteiger partial charge on any atom is -0.491 e. The van der Waals surface area contributed by atoms with E-state index in [9.17, 15) is 8.78 Å². The lowest BCUT2D eigenvalue weighted by Crippen LogP contribution is -2.33. The van der Waals surface area contributed by atoms with E-state index >= 15 is 0 Å². The van der Waals surface area contributed by atoms with Crippen molar-refractivity contribution in [2.75, 3.05) is 19.8 Å². The molecule has 1 aliphatic heterocycles. The first-order valence-electron chi connectivity index (χ1n) is 13.0. The Kier molecular flexibility index (Phi) is 8.81. The second kappa shape index (κ2) is 11.8. The molecule has 1 aromatic carbocycles. The quantitative estimate of drug-likeness (QED) is 0.383. The summed E-state index contributed by atoms with van der Waals surface area (Å²) in [5.74, 6) is 0.515. The summed E-state index contributed by atoms with van der Waals surface area (Å²) < 4.78 is 46.2. The van der Waals surface area contributed by atoms with Crippen molar-refractivity contribution in [1.82, 2.24) is 0 Å². The number of ether oxygens (including phenoxy) is 3. The van der Waals surface area contributed by atoms with Gasteiger partial charge in [-0.2, -0.15) is 4.39 Å². The van der Waals surface area contributed by atoms with E-state index in [1.54, 1.807) is 19.1 Å². The van der Waals surface area contributed by atoms with Crippen molar-refractivity contribution in [3.05, 3.63) is 42.0 Å². The van der Waals surface area contributed by atoms with Gasteiger partial charge in [0, 0.05) is 5.92 Å². The first-order chi connectivity index (χ1) is 16.1. The predicted molar refractivity (Wildman–Crippen MR) is 127 cm³/mol. The molecule has 0 bridgehead atoms. The summed E-state index contributed by atoms with van der Waals surface area (Å²) >= 11 is 0. The maximum Gasteiger partial charge on any atom is 0.200 e. The van der Waals surface area contributed by atoms with Gasteiger partial charge in [-0.05, 0) is 101 Å². The Bertz CT molecular complexity index is 759. The Morgan fingerprint density at radius 3 is 2.24 bits per heavy atom. The maximum absolute atomic E-state index is 14.6. The van der Waals surface area contributed by atoms with Crippen molar-refractivity contribution in [2.24, 2.45) is 17.8 Å². The van der Waals surface area contributed by atoms with E-state index in [1.165, 1.54) is 12.8 Å². The van der Waals surface area contributed by atoms with Crippen molar-refractivity contribution in [3.8, 4) is 5.75 Å². The maximum atomic E-state index is 14.6. The van der Waals surface area contributed by atoms with Crippen LogP contribution in [-0.4, -0.2) is 32.0 Å². The summed E-state index contributed by atoms with van der Waals surface area (Å²) in [6.45, 7) is 7.46. The first kappa shape index (κ1) is 24.7. The van der Waals surface area contributed by atoms with Crippen molar-refractivity contribution in [3.63, 3.8) is 0 Å². The molecule has 2 atom stereocenters. The third kappa shape index (κ3) is 6.16. The molecule has 184 valence electrons. The highest BCUT2D eigenvalue weighted by molar-refractivity contribution is 5.33. The molecule has 3 nitrogen and oxygen atoms in total. The molecule has 5 heteroatoms. The second-order valence-electron chi connectivity index (χ2n) is 10.2. The molecule has 3 fully saturated rings. The van der Waals surface area contributed by atoms with Crippen molar-refractivity contribution < 1.29 is 23.0 Å². The van der Waals surface area contributed by atoms with Gasteiger partial charge in [0.1, 0.15) is 0 Å². The zero-order valence-electron chi connectivity index (χ0n) is 20.1. The van der Waals surface area contributed by atoms with Gasteiger partial charge in [0.2, 0.25) is 5.82 Å². The number of benzene rings is 1. The van der Waals surface area contributed by atoms with Gasteiger partial charge in [0.05, 0.1) is 32.0 Å². The highest BCUT2D eigenvalue weighted by Gasteiger charge is 2.33. The van der Waals surface area contributed by atoms with Gasteiger partial charge in [-0.1, -0.05) is 12.1 Å². The van der Waals surface area contributed by atoms with Crippen LogP contribution in [0.2, 0.25) is 0 Å². The van der Waals surface area contributed by atoms with Gasteiger partial charge < -0.3 is 14.2 Å². The van der Waals surface area contributed by atoms with E-state index in [2.05, 4.69) is 6.58 Å². The molecule has 1 heterocycles. The normalized spacial score (nSPS) is 32.9. The van der Waals surface area contributed by atoms with Crippen LogP contribution in [0.15, 0.2) is 24.8 Å². The molecule has 0 radical (unpaired) electrons. The van der Waals surface area contributed by atoms with Gasteiger partial charge in [-0.3, -0.25) is 0 Å². The van der Waals surface area contributed by atoms with Gasteiger partial charge in [-0.25, -0.2) is 4.39 Å². The summed E-state index contributed by atoms with van der Waals surface area (Å²) in [5.41, 5.74) is 0.524. The Hall–Kier alpha value is -1.46. The number of hydrogen-bond donors (Lipinski definition) is 0. The third-order valence-corrected chi connectivity index (χ3v) is 8.23. The molecule has 2 aliphatic carbocycles. The topological polar surface area (TPSA) is 27.7 Å². The van der Waals surface area contributed by atoms with Crippen molar-refractivity contribution in [1.29, 1.82) is 0 Å². The van der Waals surface area contributed by atoms with E-state index < -0.39 is 11.6 Å². The van der Waals surface area contributed by atoms with Crippen molar-refractivity contribution >= 4 is 0 Å². The van der Waals surface area contributed by atoms with E-state index in [1.807, 2.05) is 6.08 Å². The van der Waals surface area contributed by atoms with E-state index in [4.69, 9.17) is 14.2 Å². The van der Waals surface area contributed by atoms with Crippen LogP contribution < -0.4 is 4.74 Å². The van der Waals surface area contributed by atoms with Crippen LogP contribution in [0, 0.1) is 29.4 Å². The molecule has 0 amide bonds. The Morgan fingerprint density at radius 2 is 1.64 bits per heavy atom. The lowest BCUT2D eigenvalue weighted by atomic mass is 9.69. The van der Waals surface area contributed by atoms with Crippen LogP contribution in [-0.2, 0) is 9.47 Å². The van der Waals surface area contributed by atoms with Gasteiger partial charge in [0.15, 0.2) is 11.6 Å². The Labute approximate surface area is 197 Å². The molecule has 2 saturated carbocycles. The van der Waals surface area contributed by atoms with E-state index in [0.29, 0.717) is 36.7 Å². The first-order valence-corrected chi connectivity index (χ1v) is 13.0. The molecule has 33 heavy (non-hydrogen) atoms. The van der Waals surface area contributed by atoms with Crippen LogP contribution >= 0.6 is 0 Å². The Balaban J connectivity index is 1.18. The number of hydrogen-bond acceptors (Lipinski definition) is 3. The standard InChI is InChI=1S/C28H40F2O3/c1-3-19-5-12-24(32-17-19)18-33-23-13-10-21(11-14-23)20-6-8-22(9-7-20)25-15-16-26(31-4-2)28(30)27(25)29/h3,15-16,19-24H,1,4-14,17-18H2,2H3. The average molecular weight is 463 g/mol. The van der Waals surface area contributed by atoms with Crippen LogP contribution in [0.4, 0.5) is 8.78 Å². The molecule has 1 aromatic rings. The highest BCUT2D eigenvalue weighted by Crippen LogP contribution is 2.44. The summed E-state index contributed by atoms with van der Waals surface area (Å²) in [4.78, 5) is 0. The predicted octanol–water partition coefficient (Wildman–Crippen LogP) is 7.19. The lowest BCUT2D eigenvalue weighted by molar-refractivity contribution is -0.0827. The molecule has 0 N–H and O–H groups in total. The molecular formula is C28H40F2O3. The Morgan fingerprint density at radius 1 is 0.939 bits per heavy atom. The summed E-state index contributed by atoms with van der Waals surface area (Å²) in [5, 5.41) is 0. The van der Waals surface area contributed by atoms with Crippen LogP contribution in [0.3, 0.4) is 0 Å². The largest absolute Gasteiger partial charge is 0.491 e. The highest BCUT2D eigenvalue weighted by atomic mass is 19.2. The van der Waals surface area contributed by atoms with Crippen LogP contribution in [0.25, 0.3) is 0 Å². The average Bonchev–Trinajstić information content (AvgIpc) is 2.87. The molecule has 1 saturated heterocycles. The molecule has 0 spiro atoms. The summed E-state index contributed by atoms with van der Waals surface area (Å²) in [6.07, 6.45) is 13.6. The molecule has 3 aliphatic rings. The fourth-order valence-corrected chi connectivity index (χ4v) is 6.14. The molecular weight excluding hydrogens is 422 g/mol. The number of halogens is 2. The molecule has 4 rings (SSSR count). The lowest BCUT2D eigenvalue weighted by Gasteiger charge is -2.38. The minimum absolute atomic E-state index is 0.0161. The molecule has 0 aromatic heterocycles. The fourth-order valence-electron chi connectivity index (χ4n) is 6.14. The summed E-state index contributed by atoms with van der Waals surface area (Å²) in [7, 11) is 0. The van der Waals surface area contributed by atoms with Crippen molar-refractivity contribution in [2.45, 2.75) is 89.3 Å². The zero-order valence-corrected chi connectivity index (χ0v) is 20.1. The monoisotopic (exact) mass is 462 g/mol. The van der Waals surface area contributed by atoms with Crippen LogP contribution in [0.1, 0.15) is 82.6 Å². The summed E-state index contributed by atoms with van der Waals surface area (Å²) in [6, 6.07) is 3.31. The van der Waals surface area contributed by atoms with E-state index in [-0.39, 0.29) is 17.8 Å². The van der Waals surface area contributed by atoms with Gasteiger partial charge in [-0.15, -0.1) is 6.58 Å². The SMILES string of the molecule is C=CC1CCC(COC2CCC(C3CCC(c4ccc(OCC)c(F)c4F)CC3)CC2)OC1.